The van der Waals surface area contributed by atoms with Crippen molar-refractivity contribution in [3.05, 3.63) is 53.1 Å². The van der Waals surface area contributed by atoms with Gasteiger partial charge in [-0.3, -0.25) is 9.79 Å². The van der Waals surface area contributed by atoms with E-state index in [1.807, 2.05) is 24.3 Å². The van der Waals surface area contributed by atoms with Crippen molar-refractivity contribution in [3.63, 3.8) is 0 Å². The molecule has 2 aliphatic rings. The zero-order valence-corrected chi connectivity index (χ0v) is 20.2. The molecular formula is C27H35N3O2. The van der Waals surface area contributed by atoms with Crippen molar-refractivity contribution in [1.29, 1.82) is 0 Å². The lowest BCUT2D eigenvalue weighted by atomic mass is 9.78. The van der Waals surface area contributed by atoms with E-state index < -0.39 is 0 Å². The van der Waals surface area contributed by atoms with E-state index in [-0.39, 0.29) is 23.2 Å². The third-order valence-electron chi connectivity index (χ3n) is 6.34. The first-order valence-electron chi connectivity index (χ1n) is 11.6. The third kappa shape index (κ3) is 4.01. The van der Waals surface area contributed by atoms with Crippen molar-refractivity contribution < 1.29 is 9.90 Å². The number of benzene rings is 2. The van der Waals surface area contributed by atoms with E-state index in [4.69, 9.17) is 4.99 Å². The minimum Gasteiger partial charge on any atom is -0.507 e. The van der Waals surface area contributed by atoms with Crippen molar-refractivity contribution >= 4 is 23.1 Å². The predicted octanol–water partition coefficient (Wildman–Crippen LogP) is 5.65. The summed E-state index contributed by atoms with van der Waals surface area (Å²) in [6.07, 6.45) is 2.15. The van der Waals surface area contributed by atoms with Gasteiger partial charge in [0.1, 0.15) is 5.75 Å². The average Bonchev–Trinajstić information content (AvgIpc) is 2.85. The molecule has 2 aliphatic heterocycles. The van der Waals surface area contributed by atoms with Crippen LogP contribution in [-0.2, 0) is 10.8 Å². The Hall–Kier alpha value is -2.82. The van der Waals surface area contributed by atoms with Crippen LogP contribution in [0.3, 0.4) is 0 Å². The zero-order valence-electron chi connectivity index (χ0n) is 20.2. The van der Waals surface area contributed by atoms with Crippen LogP contribution >= 0.6 is 0 Å². The average molecular weight is 434 g/mol. The molecule has 2 heterocycles. The number of carbonyl (C=O) groups excluding carboxylic acids is 1. The van der Waals surface area contributed by atoms with Gasteiger partial charge in [-0.1, -0.05) is 53.7 Å². The molecule has 0 atom stereocenters. The second-order valence-electron chi connectivity index (χ2n) is 11.0. The van der Waals surface area contributed by atoms with E-state index >= 15 is 0 Å². The lowest BCUT2D eigenvalue weighted by molar-refractivity contribution is 0.100. The summed E-state index contributed by atoms with van der Waals surface area (Å²) in [5.41, 5.74) is 3.87. The Balaban J connectivity index is 1.75. The Morgan fingerprint density at radius 2 is 1.56 bits per heavy atom. The number of ketones is 1. The molecule has 32 heavy (non-hydrogen) atoms. The Labute approximate surface area is 191 Å². The largest absolute Gasteiger partial charge is 0.507 e. The maximum atomic E-state index is 13.6. The minimum absolute atomic E-state index is 0.0320. The molecule has 0 spiro atoms. The van der Waals surface area contributed by atoms with Crippen LogP contribution in [0.5, 0.6) is 5.75 Å². The molecule has 5 heteroatoms. The van der Waals surface area contributed by atoms with Gasteiger partial charge in [0.15, 0.2) is 5.78 Å². The van der Waals surface area contributed by atoms with Gasteiger partial charge >= 0.3 is 0 Å². The fourth-order valence-corrected chi connectivity index (χ4v) is 4.56. The van der Waals surface area contributed by atoms with Crippen molar-refractivity contribution in [2.75, 3.05) is 29.4 Å². The van der Waals surface area contributed by atoms with E-state index in [1.54, 1.807) is 0 Å². The maximum Gasteiger partial charge on any atom is 0.206 e. The molecule has 0 saturated heterocycles. The van der Waals surface area contributed by atoms with Crippen molar-refractivity contribution in [3.8, 4) is 5.75 Å². The molecule has 0 radical (unpaired) electrons. The fraction of sp³-hybridized carbons (Fsp3) is 0.481. The van der Waals surface area contributed by atoms with Crippen LogP contribution < -0.4 is 9.80 Å². The number of carbonyl (C=O) groups is 1. The van der Waals surface area contributed by atoms with Crippen LogP contribution in [-0.4, -0.2) is 36.5 Å². The van der Waals surface area contributed by atoms with Crippen LogP contribution in [0.1, 0.15) is 75.9 Å². The first-order valence-corrected chi connectivity index (χ1v) is 11.6. The fourth-order valence-electron chi connectivity index (χ4n) is 4.56. The highest BCUT2D eigenvalue weighted by molar-refractivity contribution is 6.19. The number of fused-ring (bicyclic) bond motifs is 3. The number of phenols is 1. The van der Waals surface area contributed by atoms with Crippen LogP contribution in [0.25, 0.3) is 0 Å². The molecule has 4 rings (SSSR count). The normalized spacial score (nSPS) is 16.4. The van der Waals surface area contributed by atoms with Gasteiger partial charge < -0.3 is 14.9 Å². The van der Waals surface area contributed by atoms with Crippen LogP contribution in [0, 0.1) is 0 Å². The molecule has 0 aromatic heterocycles. The molecule has 2 aromatic carbocycles. The minimum atomic E-state index is -0.275. The maximum absolute atomic E-state index is 13.6. The number of aliphatic imine (C=N–C) groups is 1. The number of aromatic hydroxyl groups is 1. The van der Waals surface area contributed by atoms with Gasteiger partial charge in [-0.05, 0) is 47.9 Å². The van der Waals surface area contributed by atoms with E-state index in [1.165, 1.54) is 0 Å². The van der Waals surface area contributed by atoms with Gasteiger partial charge in [-0.15, -0.1) is 0 Å². The van der Waals surface area contributed by atoms with Gasteiger partial charge in [0.05, 0.1) is 17.9 Å². The molecule has 0 unspecified atom stereocenters. The summed E-state index contributed by atoms with van der Waals surface area (Å²) in [4.78, 5) is 22.8. The third-order valence-corrected chi connectivity index (χ3v) is 6.34. The lowest BCUT2D eigenvalue weighted by Crippen LogP contribution is -2.41. The van der Waals surface area contributed by atoms with Crippen LogP contribution in [0.15, 0.2) is 41.4 Å². The van der Waals surface area contributed by atoms with Gasteiger partial charge in [-0.2, -0.15) is 0 Å². The standard InChI is InChI=1S/C27H35N3O2/c1-26(2,3)19-15-18(16-20(24(19)32)27(4,5)6)23(31)17-30-22-12-8-7-11-21(22)29-14-10-9-13-28-25(29)30/h7-8,11-12,15-16,32H,9-10,13-14,17H2,1-6H3. The molecule has 0 bridgehead atoms. The number of anilines is 2. The first-order chi connectivity index (χ1) is 15.0. The second-order valence-corrected chi connectivity index (χ2v) is 11.0. The summed E-state index contributed by atoms with van der Waals surface area (Å²) in [5, 5.41) is 11.0. The van der Waals surface area contributed by atoms with Crippen LogP contribution in [0.4, 0.5) is 11.4 Å². The highest BCUT2D eigenvalue weighted by Gasteiger charge is 2.35. The summed E-state index contributed by atoms with van der Waals surface area (Å²) in [5.74, 6) is 1.21. The quantitative estimate of drug-likeness (QED) is 0.636. The number of rotatable bonds is 3. The topological polar surface area (TPSA) is 56.1 Å². The molecule has 1 N–H and O–H groups in total. The predicted molar refractivity (Wildman–Crippen MR) is 133 cm³/mol. The van der Waals surface area contributed by atoms with Gasteiger partial charge in [0, 0.05) is 29.8 Å². The van der Waals surface area contributed by atoms with Crippen molar-refractivity contribution in [1.82, 2.24) is 0 Å². The number of phenolic OH excluding ortho intramolecular Hbond substituents is 1. The number of hydrogen-bond acceptors (Lipinski definition) is 5. The highest BCUT2D eigenvalue weighted by Crippen LogP contribution is 2.41. The summed E-state index contributed by atoms with van der Waals surface area (Å²) >= 11 is 0. The Morgan fingerprint density at radius 1 is 0.969 bits per heavy atom. The smallest absolute Gasteiger partial charge is 0.206 e. The number of nitrogens with zero attached hydrogens (tertiary/aromatic N) is 3. The number of Topliss-reactive ketones (excluding diaryl/α,β-unsaturated/α-hetero) is 1. The molecular weight excluding hydrogens is 398 g/mol. The Morgan fingerprint density at radius 3 is 2.16 bits per heavy atom. The summed E-state index contributed by atoms with van der Waals surface area (Å²) < 4.78 is 0. The van der Waals surface area contributed by atoms with E-state index in [0.29, 0.717) is 11.3 Å². The van der Waals surface area contributed by atoms with Crippen molar-refractivity contribution in [2.45, 2.75) is 65.2 Å². The van der Waals surface area contributed by atoms with Crippen LogP contribution in [0.2, 0.25) is 0 Å². The molecule has 0 amide bonds. The van der Waals surface area contributed by atoms with E-state index in [9.17, 15) is 9.90 Å². The van der Waals surface area contributed by atoms with Gasteiger partial charge in [0.25, 0.3) is 0 Å². The molecule has 0 fully saturated rings. The Kier molecular flexibility index (Phi) is 5.56. The summed E-state index contributed by atoms with van der Waals surface area (Å²) in [7, 11) is 0. The molecule has 0 saturated carbocycles. The lowest BCUT2D eigenvalue weighted by Gasteiger charge is -2.28. The van der Waals surface area contributed by atoms with Gasteiger partial charge in [-0.25, -0.2) is 0 Å². The number of hydrogen-bond donors (Lipinski definition) is 1. The molecule has 0 aliphatic carbocycles. The zero-order chi connectivity index (χ0) is 23.3. The second kappa shape index (κ2) is 7.95. The first kappa shape index (κ1) is 22.4. The monoisotopic (exact) mass is 433 g/mol. The van der Waals surface area contributed by atoms with E-state index in [2.05, 4.69) is 63.5 Å². The number of guanidine groups is 1. The highest BCUT2D eigenvalue weighted by atomic mass is 16.3. The molecule has 5 nitrogen and oxygen atoms in total. The Bertz CT molecular complexity index is 1040. The molecule has 2 aromatic rings. The number of para-hydroxylation sites is 2. The summed E-state index contributed by atoms with van der Waals surface area (Å²) in [6, 6.07) is 12.0. The summed E-state index contributed by atoms with van der Waals surface area (Å²) in [6.45, 7) is 14.3. The molecule has 170 valence electrons. The SMILES string of the molecule is CC(C)(C)c1cc(C(=O)CN2C3=NCCCCN3c3ccccc32)cc(C(C)(C)C)c1O. The van der Waals surface area contributed by atoms with Crippen molar-refractivity contribution in [2.24, 2.45) is 4.99 Å². The van der Waals surface area contributed by atoms with Gasteiger partial charge in [0.2, 0.25) is 5.96 Å². The van der Waals surface area contributed by atoms with E-state index in [0.717, 1.165) is 54.4 Å².